The zero-order valence-corrected chi connectivity index (χ0v) is 12.4. The Morgan fingerprint density at radius 1 is 1.45 bits per heavy atom. The summed E-state index contributed by atoms with van der Waals surface area (Å²) in [5.41, 5.74) is 0.809. The van der Waals surface area contributed by atoms with Crippen molar-refractivity contribution in [1.29, 1.82) is 0 Å². The van der Waals surface area contributed by atoms with E-state index in [0.29, 0.717) is 24.7 Å². The molecule has 4 nitrogen and oxygen atoms in total. The zero-order valence-electron chi connectivity index (χ0n) is 11.6. The van der Waals surface area contributed by atoms with Gasteiger partial charge in [-0.25, -0.2) is 4.39 Å². The van der Waals surface area contributed by atoms with Gasteiger partial charge in [0.1, 0.15) is 5.82 Å². The van der Waals surface area contributed by atoms with Crippen LogP contribution in [0, 0.1) is 5.82 Å². The van der Waals surface area contributed by atoms with Gasteiger partial charge < -0.3 is 14.2 Å². The SMILES string of the molecule is COC(CN1CCO[C@@H](c2ccc(F)cc2Cl)C1)OC. The first-order valence-corrected chi connectivity index (χ1v) is 6.86. The van der Waals surface area contributed by atoms with Crippen LogP contribution in [0.15, 0.2) is 18.2 Å². The molecule has 1 saturated heterocycles. The Bertz CT molecular complexity index is 442. The lowest BCUT2D eigenvalue weighted by atomic mass is 10.1. The van der Waals surface area contributed by atoms with Crippen LogP contribution in [-0.4, -0.2) is 51.7 Å². The van der Waals surface area contributed by atoms with E-state index in [4.69, 9.17) is 25.8 Å². The Morgan fingerprint density at radius 2 is 2.20 bits per heavy atom. The monoisotopic (exact) mass is 303 g/mol. The molecule has 20 heavy (non-hydrogen) atoms. The van der Waals surface area contributed by atoms with Crippen molar-refractivity contribution in [3.8, 4) is 0 Å². The van der Waals surface area contributed by atoms with Crippen molar-refractivity contribution in [1.82, 2.24) is 4.90 Å². The van der Waals surface area contributed by atoms with Crippen molar-refractivity contribution < 1.29 is 18.6 Å². The van der Waals surface area contributed by atoms with Gasteiger partial charge in [-0.2, -0.15) is 0 Å². The lowest BCUT2D eigenvalue weighted by molar-refractivity contribution is -0.131. The summed E-state index contributed by atoms with van der Waals surface area (Å²) in [5.74, 6) is -0.342. The van der Waals surface area contributed by atoms with Crippen LogP contribution in [0.5, 0.6) is 0 Å². The van der Waals surface area contributed by atoms with Gasteiger partial charge >= 0.3 is 0 Å². The van der Waals surface area contributed by atoms with E-state index in [0.717, 1.165) is 12.1 Å². The van der Waals surface area contributed by atoms with Crippen LogP contribution in [0.3, 0.4) is 0 Å². The fourth-order valence-corrected chi connectivity index (χ4v) is 2.56. The predicted octanol–water partition coefficient (Wildman–Crippen LogP) is 2.47. The maximum absolute atomic E-state index is 13.1. The summed E-state index contributed by atoms with van der Waals surface area (Å²) in [6, 6.07) is 4.39. The first-order chi connectivity index (χ1) is 9.63. The van der Waals surface area contributed by atoms with Gasteiger partial charge in [0.05, 0.1) is 12.7 Å². The third kappa shape index (κ3) is 3.90. The summed E-state index contributed by atoms with van der Waals surface area (Å²) < 4.78 is 29.2. The third-order valence-corrected chi connectivity index (χ3v) is 3.72. The Hall–Kier alpha value is -0.720. The Balaban J connectivity index is 2.02. The maximum atomic E-state index is 13.1. The molecule has 1 aliphatic heterocycles. The maximum Gasteiger partial charge on any atom is 0.169 e. The molecule has 1 aromatic rings. The van der Waals surface area contributed by atoms with Crippen LogP contribution in [0.2, 0.25) is 5.02 Å². The molecule has 0 unspecified atom stereocenters. The van der Waals surface area contributed by atoms with Crippen LogP contribution >= 0.6 is 11.6 Å². The number of rotatable bonds is 5. The third-order valence-electron chi connectivity index (χ3n) is 3.39. The summed E-state index contributed by atoms with van der Waals surface area (Å²) >= 11 is 6.08. The minimum atomic E-state index is -0.342. The standard InChI is InChI=1S/C14H19ClFNO3/c1-18-14(19-2)9-17-5-6-20-13(8-17)11-4-3-10(16)7-12(11)15/h3-4,7,13-14H,5-6,8-9H2,1-2H3/t13-/m1/s1. The second-order valence-electron chi connectivity index (χ2n) is 4.69. The lowest BCUT2D eigenvalue weighted by Crippen LogP contribution is -2.43. The lowest BCUT2D eigenvalue weighted by Gasteiger charge is -2.34. The number of ether oxygens (including phenoxy) is 3. The van der Waals surface area contributed by atoms with Crippen LogP contribution in [0.1, 0.15) is 11.7 Å². The second-order valence-corrected chi connectivity index (χ2v) is 5.09. The topological polar surface area (TPSA) is 30.9 Å². The zero-order chi connectivity index (χ0) is 14.5. The van der Waals surface area contributed by atoms with E-state index in [1.165, 1.54) is 12.1 Å². The van der Waals surface area contributed by atoms with Crippen molar-refractivity contribution in [3.05, 3.63) is 34.6 Å². The highest BCUT2D eigenvalue weighted by Crippen LogP contribution is 2.29. The van der Waals surface area contributed by atoms with Crippen molar-refractivity contribution >= 4 is 11.6 Å². The largest absolute Gasteiger partial charge is 0.371 e. The van der Waals surface area contributed by atoms with Gasteiger partial charge in [-0.15, -0.1) is 0 Å². The number of methoxy groups -OCH3 is 2. The number of nitrogens with zero attached hydrogens (tertiary/aromatic N) is 1. The molecule has 2 rings (SSSR count). The van der Waals surface area contributed by atoms with Crippen molar-refractivity contribution in [2.75, 3.05) is 40.5 Å². The van der Waals surface area contributed by atoms with Gasteiger partial charge in [0.15, 0.2) is 6.29 Å². The van der Waals surface area contributed by atoms with Gasteiger partial charge in [-0.3, -0.25) is 4.90 Å². The highest BCUT2D eigenvalue weighted by atomic mass is 35.5. The van der Waals surface area contributed by atoms with Crippen molar-refractivity contribution in [3.63, 3.8) is 0 Å². The molecule has 0 amide bonds. The van der Waals surface area contributed by atoms with E-state index in [1.807, 2.05) is 0 Å². The van der Waals surface area contributed by atoms with E-state index in [-0.39, 0.29) is 18.2 Å². The Labute approximate surface area is 123 Å². The molecule has 0 aliphatic carbocycles. The molecule has 0 radical (unpaired) electrons. The quantitative estimate of drug-likeness (QED) is 0.782. The highest BCUT2D eigenvalue weighted by molar-refractivity contribution is 6.31. The number of hydrogen-bond acceptors (Lipinski definition) is 4. The van der Waals surface area contributed by atoms with Crippen LogP contribution in [0.4, 0.5) is 4.39 Å². The Kier molecular flexibility index (Phi) is 5.74. The minimum absolute atomic E-state index is 0.161. The highest BCUT2D eigenvalue weighted by Gasteiger charge is 2.25. The number of halogens is 2. The molecule has 112 valence electrons. The van der Waals surface area contributed by atoms with Crippen molar-refractivity contribution in [2.45, 2.75) is 12.4 Å². The van der Waals surface area contributed by atoms with Crippen LogP contribution < -0.4 is 0 Å². The molecular formula is C14H19ClFNO3. The van der Waals surface area contributed by atoms with Gasteiger partial charge in [0, 0.05) is 44.4 Å². The molecule has 0 spiro atoms. The summed E-state index contributed by atoms with van der Waals surface area (Å²) in [5, 5.41) is 0.395. The van der Waals surface area contributed by atoms with E-state index in [1.54, 1.807) is 20.3 Å². The van der Waals surface area contributed by atoms with Gasteiger partial charge in [0.25, 0.3) is 0 Å². The van der Waals surface area contributed by atoms with Gasteiger partial charge in [-0.1, -0.05) is 17.7 Å². The van der Waals surface area contributed by atoms with Gasteiger partial charge in [0.2, 0.25) is 0 Å². The number of hydrogen-bond donors (Lipinski definition) is 0. The molecule has 1 fully saturated rings. The first-order valence-electron chi connectivity index (χ1n) is 6.48. The van der Waals surface area contributed by atoms with E-state index >= 15 is 0 Å². The molecule has 0 saturated carbocycles. The van der Waals surface area contributed by atoms with E-state index in [2.05, 4.69) is 4.90 Å². The summed E-state index contributed by atoms with van der Waals surface area (Å²) in [7, 11) is 3.23. The normalized spacial score (nSPS) is 20.6. The molecule has 1 heterocycles. The fourth-order valence-electron chi connectivity index (χ4n) is 2.28. The molecule has 0 aromatic heterocycles. The van der Waals surface area contributed by atoms with Crippen molar-refractivity contribution in [2.24, 2.45) is 0 Å². The first kappa shape index (κ1) is 15.7. The minimum Gasteiger partial charge on any atom is -0.371 e. The molecule has 0 N–H and O–H groups in total. The summed E-state index contributed by atoms with van der Waals surface area (Å²) in [6.07, 6.45) is -0.427. The molecule has 6 heteroatoms. The molecular weight excluding hydrogens is 285 g/mol. The molecule has 1 atom stereocenters. The number of morpholine rings is 1. The average molecular weight is 304 g/mol. The van der Waals surface area contributed by atoms with Crippen LogP contribution in [-0.2, 0) is 14.2 Å². The Morgan fingerprint density at radius 3 is 2.85 bits per heavy atom. The van der Waals surface area contributed by atoms with Crippen LogP contribution in [0.25, 0.3) is 0 Å². The molecule has 1 aromatic carbocycles. The smallest absolute Gasteiger partial charge is 0.169 e. The number of benzene rings is 1. The summed E-state index contributed by atoms with van der Waals surface area (Å²) in [4.78, 5) is 2.19. The fraction of sp³-hybridized carbons (Fsp3) is 0.571. The molecule has 1 aliphatic rings. The van der Waals surface area contributed by atoms with E-state index < -0.39 is 0 Å². The molecule has 0 bridgehead atoms. The van der Waals surface area contributed by atoms with Gasteiger partial charge in [-0.05, 0) is 12.1 Å². The second kappa shape index (κ2) is 7.33. The van der Waals surface area contributed by atoms with E-state index in [9.17, 15) is 4.39 Å². The summed E-state index contributed by atoms with van der Waals surface area (Å²) in [6.45, 7) is 2.73. The predicted molar refractivity (Wildman–Crippen MR) is 74.3 cm³/mol. The average Bonchev–Trinajstić information content (AvgIpc) is 2.45.